The molecule has 0 radical (unpaired) electrons. The second kappa shape index (κ2) is 8.80. The number of aliphatic hydroxyl groups is 1. The van der Waals surface area contributed by atoms with Crippen LogP contribution in [0.4, 0.5) is 0 Å². The van der Waals surface area contributed by atoms with Crippen LogP contribution in [-0.2, 0) is 0 Å². The first-order chi connectivity index (χ1) is 12.3. The van der Waals surface area contributed by atoms with Gasteiger partial charge in [-0.3, -0.25) is 0 Å². The Hall–Kier alpha value is -2.16. The molecule has 0 fully saturated rings. The lowest BCUT2D eigenvalue weighted by molar-refractivity contribution is 0.229. The maximum Gasteiger partial charge on any atom is 0.0626 e. The molecule has 2 aromatic carbocycles. The number of hydrogen-bond donors (Lipinski definition) is 2. The molecule has 1 aliphatic rings. The molecule has 0 aromatic heterocycles. The molecule has 2 N–H and O–H groups in total. The minimum Gasteiger partial charge on any atom is -0.394 e. The number of benzene rings is 2. The van der Waals surface area contributed by atoms with Crippen LogP contribution in [0.1, 0.15) is 36.9 Å². The first-order valence-electron chi connectivity index (χ1n) is 9.09. The molecule has 2 aromatic rings. The van der Waals surface area contributed by atoms with E-state index in [1.165, 1.54) is 11.1 Å². The summed E-state index contributed by atoms with van der Waals surface area (Å²) < 4.78 is 0. The molecule has 0 saturated heterocycles. The summed E-state index contributed by atoms with van der Waals surface area (Å²) in [5, 5.41) is 13.7. The van der Waals surface area contributed by atoms with Crippen molar-refractivity contribution in [2.45, 2.75) is 31.8 Å². The number of aliphatic hydroxyl groups excluding tert-OH is 1. The van der Waals surface area contributed by atoms with Gasteiger partial charge in [-0.15, -0.1) is 0 Å². The summed E-state index contributed by atoms with van der Waals surface area (Å²) in [5.41, 5.74) is 3.65. The van der Waals surface area contributed by atoms with Crippen molar-refractivity contribution < 1.29 is 5.11 Å². The lowest BCUT2D eigenvalue weighted by Gasteiger charge is -2.30. The lowest BCUT2D eigenvalue weighted by Crippen LogP contribution is -2.40. The van der Waals surface area contributed by atoms with E-state index in [4.69, 9.17) is 0 Å². The zero-order valence-electron chi connectivity index (χ0n) is 14.8. The summed E-state index contributed by atoms with van der Waals surface area (Å²) in [7, 11) is 0. The van der Waals surface area contributed by atoms with Crippen LogP contribution in [0.25, 0.3) is 6.08 Å². The fourth-order valence-electron chi connectivity index (χ4n) is 3.58. The molecule has 0 heterocycles. The predicted octanol–water partition coefficient (Wildman–Crippen LogP) is 4.75. The third kappa shape index (κ3) is 4.68. The Labute approximate surface area is 150 Å². The van der Waals surface area contributed by atoms with Crippen molar-refractivity contribution in [3.8, 4) is 0 Å². The Morgan fingerprint density at radius 3 is 2.40 bits per heavy atom. The van der Waals surface area contributed by atoms with Gasteiger partial charge in [-0.25, -0.2) is 0 Å². The van der Waals surface area contributed by atoms with Crippen molar-refractivity contribution >= 4 is 6.08 Å². The Kier molecular flexibility index (Phi) is 6.21. The average molecular weight is 333 g/mol. The van der Waals surface area contributed by atoms with Gasteiger partial charge in [0.05, 0.1) is 12.6 Å². The molecule has 3 rings (SSSR count). The topological polar surface area (TPSA) is 32.3 Å². The quantitative estimate of drug-likeness (QED) is 0.717. The summed E-state index contributed by atoms with van der Waals surface area (Å²) in [6, 6.07) is 20.8. The van der Waals surface area contributed by atoms with Gasteiger partial charge in [0, 0.05) is 6.04 Å². The van der Waals surface area contributed by atoms with Gasteiger partial charge in [-0.2, -0.15) is 0 Å². The highest BCUT2D eigenvalue weighted by Crippen LogP contribution is 2.28. The van der Waals surface area contributed by atoms with Crippen molar-refractivity contribution in [1.29, 1.82) is 0 Å². The zero-order chi connectivity index (χ0) is 17.5. The summed E-state index contributed by atoms with van der Waals surface area (Å²) >= 11 is 0. The largest absolute Gasteiger partial charge is 0.394 e. The highest BCUT2D eigenvalue weighted by molar-refractivity contribution is 5.53. The average Bonchev–Trinajstić information content (AvgIpc) is 3.18. The summed E-state index contributed by atoms with van der Waals surface area (Å²) in [6.45, 7) is 2.28. The highest BCUT2D eigenvalue weighted by Gasteiger charge is 2.25. The Morgan fingerprint density at radius 2 is 1.80 bits per heavy atom. The Balaban J connectivity index is 1.84. The molecule has 2 heteroatoms. The molecule has 0 aliphatic heterocycles. The first-order valence-corrected chi connectivity index (χ1v) is 9.09. The number of hydrogen-bond acceptors (Lipinski definition) is 2. The van der Waals surface area contributed by atoms with Crippen molar-refractivity contribution in [2.75, 3.05) is 6.61 Å². The van der Waals surface area contributed by atoms with Gasteiger partial charge in [0.1, 0.15) is 0 Å². The van der Waals surface area contributed by atoms with Crippen molar-refractivity contribution in [3.63, 3.8) is 0 Å². The van der Waals surface area contributed by atoms with Gasteiger partial charge in [0.15, 0.2) is 0 Å². The predicted molar refractivity (Wildman–Crippen MR) is 105 cm³/mol. The minimum absolute atomic E-state index is 0.0562. The fourth-order valence-corrected chi connectivity index (χ4v) is 3.58. The van der Waals surface area contributed by atoms with E-state index in [9.17, 15) is 5.11 Å². The lowest BCUT2D eigenvalue weighted by atomic mass is 9.90. The molecular weight excluding hydrogens is 306 g/mol. The van der Waals surface area contributed by atoms with Gasteiger partial charge in [0.25, 0.3) is 0 Å². The fraction of sp³-hybridized carbons (Fsp3) is 0.304. The minimum atomic E-state index is -0.0562. The standard InChI is InChI=1S/C23H27NO/c1-18(16-19-10-4-2-5-11-19)23(21-14-8-9-15-21)24-22(17-25)20-12-6-3-7-13-20/h2-8,10-14,16,21-25H,9,15,17H2,1H3/b18-16+/t21-,22-,23-/m0/s1. The van der Waals surface area contributed by atoms with E-state index in [2.05, 4.69) is 66.9 Å². The third-order valence-corrected chi connectivity index (χ3v) is 4.93. The molecule has 3 atom stereocenters. The maximum atomic E-state index is 9.94. The second-order valence-corrected chi connectivity index (χ2v) is 6.76. The Morgan fingerprint density at radius 1 is 1.12 bits per heavy atom. The van der Waals surface area contributed by atoms with Crippen LogP contribution in [0.5, 0.6) is 0 Å². The molecule has 0 amide bonds. The van der Waals surface area contributed by atoms with E-state index < -0.39 is 0 Å². The van der Waals surface area contributed by atoms with Crippen LogP contribution < -0.4 is 5.32 Å². The number of rotatable bonds is 7. The second-order valence-electron chi connectivity index (χ2n) is 6.76. The molecule has 0 spiro atoms. The van der Waals surface area contributed by atoms with Crippen LogP contribution >= 0.6 is 0 Å². The molecule has 0 saturated carbocycles. The van der Waals surface area contributed by atoms with Crippen molar-refractivity contribution in [1.82, 2.24) is 5.32 Å². The van der Waals surface area contributed by atoms with Crippen LogP contribution in [0, 0.1) is 5.92 Å². The van der Waals surface area contributed by atoms with Gasteiger partial charge in [-0.1, -0.05) is 84.5 Å². The zero-order valence-corrected chi connectivity index (χ0v) is 14.8. The highest BCUT2D eigenvalue weighted by atomic mass is 16.3. The molecule has 130 valence electrons. The van der Waals surface area contributed by atoms with Crippen LogP contribution in [0.3, 0.4) is 0 Å². The van der Waals surface area contributed by atoms with E-state index in [0.717, 1.165) is 18.4 Å². The number of nitrogens with one attached hydrogen (secondary N) is 1. The molecular formula is C23H27NO. The molecule has 1 aliphatic carbocycles. The SMILES string of the molecule is C/C(=C\c1ccccc1)[C@H](N[C@@H](CO)c1ccccc1)[C@H]1C=CCC1. The van der Waals surface area contributed by atoms with Crippen LogP contribution in [0.2, 0.25) is 0 Å². The van der Waals surface area contributed by atoms with Gasteiger partial charge in [0.2, 0.25) is 0 Å². The van der Waals surface area contributed by atoms with Crippen molar-refractivity contribution in [2.24, 2.45) is 5.92 Å². The van der Waals surface area contributed by atoms with Crippen molar-refractivity contribution in [3.05, 3.63) is 89.5 Å². The van der Waals surface area contributed by atoms with Gasteiger partial charge in [-0.05, 0) is 36.8 Å². The molecule has 25 heavy (non-hydrogen) atoms. The van der Waals surface area contributed by atoms with E-state index in [0.29, 0.717) is 5.92 Å². The normalized spacial score (nSPS) is 19.8. The van der Waals surface area contributed by atoms with Gasteiger partial charge < -0.3 is 10.4 Å². The van der Waals surface area contributed by atoms with Crippen LogP contribution in [0.15, 0.2) is 78.4 Å². The Bertz CT molecular complexity index is 705. The van der Waals surface area contributed by atoms with E-state index in [1.54, 1.807) is 0 Å². The summed E-state index contributed by atoms with van der Waals surface area (Å²) in [6.07, 6.45) is 9.13. The third-order valence-electron chi connectivity index (χ3n) is 4.93. The first kappa shape index (κ1) is 17.7. The smallest absolute Gasteiger partial charge is 0.0626 e. The molecule has 0 unspecified atom stereocenters. The summed E-state index contributed by atoms with van der Waals surface area (Å²) in [4.78, 5) is 0. The van der Waals surface area contributed by atoms with Crippen LogP contribution in [-0.4, -0.2) is 17.8 Å². The van der Waals surface area contributed by atoms with E-state index in [1.807, 2.05) is 24.3 Å². The summed E-state index contributed by atoms with van der Waals surface area (Å²) in [5.74, 6) is 0.470. The molecule has 0 bridgehead atoms. The van der Waals surface area contributed by atoms with E-state index >= 15 is 0 Å². The maximum absolute atomic E-state index is 9.94. The molecule has 2 nitrogen and oxygen atoms in total. The monoisotopic (exact) mass is 333 g/mol. The van der Waals surface area contributed by atoms with Gasteiger partial charge >= 0.3 is 0 Å². The van der Waals surface area contributed by atoms with E-state index in [-0.39, 0.29) is 18.7 Å². The number of allylic oxidation sites excluding steroid dienone is 1.